The van der Waals surface area contributed by atoms with Crippen LogP contribution in [0.2, 0.25) is 0 Å². The number of piperidine rings is 1. The molecule has 9 nitrogen and oxygen atoms in total. The molecule has 2 aliphatic rings. The van der Waals surface area contributed by atoms with E-state index in [0.717, 1.165) is 5.69 Å². The highest BCUT2D eigenvalue weighted by molar-refractivity contribution is 5.93. The lowest BCUT2D eigenvalue weighted by Gasteiger charge is -2.37. The highest BCUT2D eigenvalue weighted by Gasteiger charge is 2.41. The van der Waals surface area contributed by atoms with Crippen molar-refractivity contribution >= 4 is 23.4 Å². The minimum absolute atomic E-state index is 0.149. The summed E-state index contributed by atoms with van der Waals surface area (Å²) in [7, 11) is 1.34. The van der Waals surface area contributed by atoms with E-state index in [0.29, 0.717) is 56.2 Å². The lowest BCUT2D eigenvalue weighted by atomic mass is 10.0. The molecular weight excluding hydrogens is 376 g/mol. The zero-order valence-corrected chi connectivity index (χ0v) is 16.1. The van der Waals surface area contributed by atoms with Crippen LogP contribution in [0.4, 0.5) is 11.5 Å². The summed E-state index contributed by atoms with van der Waals surface area (Å²) < 4.78 is 16.1. The van der Waals surface area contributed by atoms with E-state index in [9.17, 15) is 9.59 Å². The predicted molar refractivity (Wildman–Crippen MR) is 103 cm³/mol. The minimum Gasteiger partial charge on any atom is -0.465 e. The first-order valence-electron chi connectivity index (χ1n) is 9.43. The van der Waals surface area contributed by atoms with Gasteiger partial charge in [-0.05, 0) is 24.3 Å². The molecule has 29 heavy (non-hydrogen) atoms. The number of ether oxygens (including phenoxy) is 3. The number of methoxy groups -OCH3 is 1. The molecule has 2 saturated heterocycles. The molecule has 1 spiro atoms. The number of rotatable bonds is 4. The summed E-state index contributed by atoms with van der Waals surface area (Å²) in [5.41, 5.74) is 1.50. The third kappa shape index (κ3) is 4.20. The van der Waals surface area contributed by atoms with E-state index < -0.39 is 11.8 Å². The van der Waals surface area contributed by atoms with Gasteiger partial charge in [0, 0.05) is 37.7 Å². The summed E-state index contributed by atoms with van der Waals surface area (Å²) in [5, 5.41) is 3.11. The van der Waals surface area contributed by atoms with Crippen molar-refractivity contribution in [2.45, 2.75) is 18.6 Å². The van der Waals surface area contributed by atoms with Crippen molar-refractivity contribution < 1.29 is 23.8 Å². The Balaban J connectivity index is 1.40. The van der Waals surface area contributed by atoms with Gasteiger partial charge in [0.15, 0.2) is 5.79 Å². The van der Waals surface area contributed by atoms with Gasteiger partial charge in [-0.3, -0.25) is 4.79 Å². The van der Waals surface area contributed by atoms with Crippen molar-refractivity contribution in [3.05, 3.63) is 47.9 Å². The average Bonchev–Trinajstić information content (AvgIpc) is 3.22. The normalized spacial score (nSPS) is 17.9. The Hall–Kier alpha value is -3.04. The van der Waals surface area contributed by atoms with Gasteiger partial charge < -0.3 is 24.4 Å². The van der Waals surface area contributed by atoms with Crippen molar-refractivity contribution in [3.63, 3.8) is 0 Å². The van der Waals surface area contributed by atoms with E-state index in [1.165, 1.54) is 13.4 Å². The highest BCUT2D eigenvalue weighted by atomic mass is 16.7. The number of hydrogen-bond donors (Lipinski definition) is 1. The molecule has 3 heterocycles. The molecule has 0 saturated carbocycles. The molecule has 1 aromatic carbocycles. The molecule has 1 amide bonds. The fourth-order valence-electron chi connectivity index (χ4n) is 3.50. The largest absolute Gasteiger partial charge is 0.465 e. The second-order valence-electron chi connectivity index (χ2n) is 6.88. The van der Waals surface area contributed by atoms with Crippen LogP contribution in [0.3, 0.4) is 0 Å². The van der Waals surface area contributed by atoms with Crippen molar-refractivity contribution in [1.29, 1.82) is 0 Å². The van der Waals surface area contributed by atoms with Crippen LogP contribution in [0.25, 0.3) is 0 Å². The fourth-order valence-corrected chi connectivity index (χ4v) is 3.50. The van der Waals surface area contributed by atoms with E-state index in [-0.39, 0.29) is 5.91 Å². The maximum absolute atomic E-state index is 12.8. The van der Waals surface area contributed by atoms with Crippen molar-refractivity contribution in [2.75, 3.05) is 38.7 Å². The van der Waals surface area contributed by atoms with Gasteiger partial charge >= 0.3 is 5.97 Å². The molecular formula is C20H22N4O5. The van der Waals surface area contributed by atoms with E-state index in [2.05, 4.69) is 20.0 Å². The molecule has 4 rings (SSSR count). The summed E-state index contributed by atoms with van der Waals surface area (Å²) >= 11 is 0. The van der Waals surface area contributed by atoms with Gasteiger partial charge in [-0.25, -0.2) is 14.8 Å². The van der Waals surface area contributed by atoms with Crippen LogP contribution in [0.1, 0.15) is 33.7 Å². The van der Waals surface area contributed by atoms with Gasteiger partial charge in [0.1, 0.15) is 17.8 Å². The molecule has 2 fully saturated rings. The number of nitrogens with one attached hydrogen (secondary N) is 1. The third-order valence-corrected chi connectivity index (χ3v) is 5.09. The van der Waals surface area contributed by atoms with Crippen LogP contribution >= 0.6 is 0 Å². The first-order chi connectivity index (χ1) is 14.1. The second-order valence-corrected chi connectivity index (χ2v) is 6.88. The van der Waals surface area contributed by atoms with Crippen molar-refractivity contribution in [2.24, 2.45) is 0 Å². The Bertz CT molecular complexity index is 886. The number of carbonyl (C=O) groups excluding carboxylic acids is 2. The number of hydrogen-bond acceptors (Lipinski definition) is 8. The number of likely N-dealkylation sites (tertiary alicyclic amines) is 1. The van der Waals surface area contributed by atoms with Gasteiger partial charge in [-0.2, -0.15) is 0 Å². The van der Waals surface area contributed by atoms with Crippen LogP contribution < -0.4 is 5.32 Å². The van der Waals surface area contributed by atoms with Gasteiger partial charge in [0.25, 0.3) is 5.91 Å². The SMILES string of the molecule is COC(=O)c1ccc(Nc2cc(C(=O)N3CCC4(CC3)OCCO4)ncn2)cc1. The lowest BCUT2D eigenvalue weighted by Crippen LogP contribution is -2.47. The maximum Gasteiger partial charge on any atom is 0.337 e. The summed E-state index contributed by atoms with van der Waals surface area (Å²) in [6.45, 7) is 2.33. The Morgan fingerprint density at radius 1 is 1.10 bits per heavy atom. The zero-order chi connectivity index (χ0) is 20.3. The van der Waals surface area contributed by atoms with Gasteiger partial charge in [0.05, 0.1) is 25.9 Å². The Labute approximate surface area is 168 Å². The molecule has 1 aromatic heterocycles. The topological polar surface area (TPSA) is 103 Å². The van der Waals surface area contributed by atoms with Crippen LogP contribution in [-0.2, 0) is 14.2 Å². The second kappa shape index (κ2) is 8.14. The third-order valence-electron chi connectivity index (χ3n) is 5.09. The van der Waals surface area contributed by atoms with E-state index in [1.54, 1.807) is 35.2 Å². The molecule has 0 unspecified atom stereocenters. The Morgan fingerprint density at radius 2 is 1.79 bits per heavy atom. The summed E-state index contributed by atoms with van der Waals surface area (Å²) in [6.07, 6.45) is 2.66. The Morgan fingerprint density at radius 3 is 2.45 bits per heavy atom. The summed E-state index contributed by atoms with van der Waals surface area (Å²) in [5.74, 6) is -0.580. The number of aromatic nitrogens is 2. The Kier molecular flexibility index (Phi) is 5.41. The molecule has 2 aromatic rings. The van der Waals surface area contributed by atoms with Gasteiger partial charge in [-0.1, -0.05) is 0 Å². The minimum atomic E-state index is -0.522. The first kappa shape index (κ1) is 19.3. The quantitative estimate of drug-likeness (QED) is 0.780. The molecule has 2 aliphatic heterocycles. The summed E-state index contributed by atoms with van der Waals surface area (Å²) in [6, 6.07) is 8.39. The number of esters is 1. The van der Waals surface area contributed by atoms with Crippen LogP contribution in [0, 0.1) is 0 Å². The molecule has 1 N–H and O–H groups in total. The fraction of sp³-hybridized carbons (Fsp3) is 0.400. The molecule has 0 aliphatic carbocycles. The van der Waals surface area contributed by atoms with E-state index in [4.69, 9.17) is 9.47 Å². The lowest BCUT2D eigenvalue weighted by molar-refractivity contribution is -0.181. The summed E-state index contributed by atoms with van der Waals surface area (Å²) in [4.78, 5) is 34.4. The number of benzene rings is 1. The highest BCUT2D eigenvalue weighted by Crippen LogP contribution is 2.31. The van der Waals surface area contributed by atoms with Crippen molar-refractivity contribution in [3.8, 4) is 0 Å². The van der Waals surface area contributed by atoms with E-state index >= 15 is 0 Å². The first-order valence-corrected chi connectivity index (χ1v) is 9.43. The van der Waals surface area contributed by atoms with Crippen LogP contribution in [0.15, 0.2) is 36.7 Å². The number of carbonyl (C=O) groups is 2. The number of anilines is 2. The smallest absolute Gasteiger partial charge is 0.337 e. The average molecular weight is 398 g/mol. The number of amides is 1. The van der Waals surface area contributed by atoms with Crippen LogP contribution in [-0.4, -0.2) is 65.9 Å². The van der Waals surface area contributed by atoms with E-state index in [1.807, 2.05) is 0 Å². The standard InChI is InChI=1S/C20H22N4O5/c1-27-19(26)14-2-4-15(5-3-14)23-17-12-16(21-13-22-17)18(25)24-8-6-20(7-9-24)28-10-11-29-20/h2-5,12-13H,6-11H2,1H3,(H,21,22,23). The van der Waals surface area contributed by atoms with Gasteiger partial charge in [0.2, 0.25) is 0 Å². The molecule has 152 valence electrons. The van der Waals surface area contributed by atoms with Crippen molar-refractivity contribution in [1.82, 2.24) is 14.9 Å². The van der Waals surface area contributed by atoms with Gasteiger partial charge in [-0.15, -0.1) is 0 Å². The maximum atomic E-state index is 12.8. The number of nitrogens with zero attached hydrogens (tertiary/aromatic N) is 3. The molecule has 9 heteroatoms. The zero-order valence-electron chi connectivity index (χ0n) is 16.1. The molecule has 0 atom stereocenters. The molecule has 0 radical (unpaired) electrons. The monoisotopic (exact) mass is 398 g/mol. The molecule has 0 bridgehead atoms. The predicted octanol–water partition coefficient (Wildman–Crippen LogP) is 1.99. The van der Waals surface area contributed by atoms with Crippen LogP contribution in [0.5, 0.6) is 0 Å².